The van der Waals surface area contributed by atoms with Crippen LogP contribution in [0.3, 0.4) is 0 Å². The molecule has 0 aliphatic rings. The fraction of sp³-hybridized carbons (Fsp3) is 0.931. The molecule has 0 amide bonds. The monoisotopic (exact) mass is 1580 g/mol. The van der Waals surface area contributed by atoms with Gasteiger partial charge in [-0.3, -0.25) is 15.9 Å². The molecule has 0 fully saturated rings. The molecule has 0 aromatic carbocycles. The summed E-state index contributed by atoms with van der Waals surface area (Å²) in [5.41, 5.74) is 0. The van der Waals surface area contributed by atoms with E-state index in [1.165, 1.54) is 257 Å². The van der Waals surface area contributed by atoms with Crippen molar-refractivity contribution in [2.75, 3.05) is 0 Å². The summed E-state index contributed by atoms with van der Waals surface area (Å²) in [7, 11) is 0. The van der Waals surface area contributed by atoms with E-state index < -0.39 is 47.2 Å². The van der Waals surface area contributed by atoms with Crippen LogP contribution in [0.1, 0.15) is 466 Å². The molecule has 107 heavy (non-hydrogen) atoms. The van der Waals surface area contributed by atoms with Gasteiger partial charge in [-0.1, -0.05) is 318 Å². The van der Waals surface area contributed by atoms with Crippen molar-refractivity contribution < 1.29 is 106 Å². The second kappa shape index (κ2) is 91.0. The Morgan fingerprint density at radius 3 is 0.533 bits per heavy atom. The normalized spacial score (nSPS) is 11.3. The molecule has 0 aromatic heterocycles. The van der Waals surface area contributed by atoms with Crippen LogP contribution in [0, 0.1) is 0 Å². The number of rotatable bonds is 66. The van der Waals surface area contributed by atoms with E-state index in [0.29, 0.717) is 19.3 Å². The minimum absolute atomic E-state index is 0.216. The van der Waals surface area contributed by atoms with Crippen molar-refractivity contribution in [2.45, 2.75) is 525 Å². The van der Waals surface area contributed by atoms with Crippen LogP contribution in [0.15, 0.2) is 0 Å². The molecule has 0 aliphatic carbocycles. The molecule has 0 saturated carbocycles. The maximum atomic E-state index is 11.0. The molecular weight excluding hydrogens is 1410 g/mol. The number of carbonyl (C=O) groups excluding carboxylic acids is 4. The van der Waals surface area contributed by atoms with E-state index in [-0.39, 0.29) is 55.9 Å². The van der Waals surface area contributed by atoms with Gasteiger partial charge in [-0.2, -0.15) is 6.42 Å². The Morgan fingerprint density at radius 2 is 0.430 bits per heavy atom. The Kier molecular flexibility index (Phi) is 103. The molecular formula is C87H171AlO18Ti-. The third kappa shape index (κ3) is 98.0. The van der Waals surface area contributed by atoms with E-state index in [2.05, 4.69) is 50.9 Å². The first-order chi connectivity index (χ1) is 50.7. The first-order valence-electron chi connectivity index (χ1n) is 43.2. The predicted octanol–water partition coefficient (Wildman–Crippen LogP) is 22.0. The Bertz CT molecular complexity index is 1690. The topological polar surface area (TPSA) is 285 Å². The van der Waals surface area contributed by atoms with Crippen molar-refractivity contribution in [1.82, 2.24) is 0 Å². The molecule has 635 valence electrons. The van der Waals surface area contributed by atoms with E-state index >= 15 is 0 Å². The van der Waals surface area contributed by atoms with Crippen LogP contribution in [-0.4, -0.2) is 117 Å². The van der Waals surface area contributed by atoms with Gasteiger partial charge in [0.2, 0.25) is 17.4 Å². The van der Waals surface area contributed by atoms with Crippen molar-refractivity contribution in [3.8, 4) is 0 Å². The summed E-state index contributed by atoms with van der Waals surface area (Å²) in [5.74, 6) is -10.1. The van der Waals surface area contributed by atoms with E-state index in [9.17, 15) is 44.1 Å². The Hall–Kier alpha value is -2.17. The van der Waals surface area contributed by atoms with Gasteiger partial charge in [0.25, 0.3) is 0 Å². The van der Waals surface area contributed by atoms with Crippen molar-refractivity contribution in [3.05, 3.63) is 0 Å². The standard InChI is InChI=1S/2C18H36O2.C18H35O.3C10H20O4.C3H7.Al.O.Ti/c2*1-2-3-4-5-6-7-8-9-10-11-12-13-14-15-16-17-18(19)20;1-2-3-4-5-6-7-8-9-10-11-12-13-14-15-16-17-18-19;3*1-6-10(9(11)12,13-7(2)3)14-8(4)5;1-3-2;;;/h2*2-17H2,1H3,(H,19,20);2-17H2,1H3;3*7-8H,6H2,1-5H3,(H,11,12);3H,1-2H3;;;/q;;-1;;;;;+2;;+1/p-3. The van der Waals surface area contributed by atoms with Gasteiger partial charge in [-0.15, -0.1) is 0 Å². The SMILES string of the molecule is CCC(OC(C)C)(OC(C)C)C(=O)[O-].CCC(OC(C)C)(OC(C)C)C(=O)[O-].CCC(OC(C)C)(OC(C)C)C(=O)[O-].CCCCCCCCCCCCCCCCCC(=O)O.CCCCCCCCCCCCCCCCCC(=O)O.CCCCCCCCCCCCCCCCC[C-]=O.C[CH](C)[Al+2].[O]=[Ti+]. The molecule has 0 saturated heterocycles. The molecule has 0 radical (unpaired) electrons. The third-order valence-electron chi connectivity index (χ3n) is 16.8. The van der Waals surface area contributed by atoms with Crippen LogP contribution in [0.2, 0.25) is 4.78 Å². The molecule has 0 rings (SSSR count). The van der Waals surface area contributed by atoms with Gasteiger partial charge < -0.3 is 73.1 Å². The second-order valence-corrected chi connectivity index (χ2v) is 31.8. The van der Waals surface area contributed by atoms with Crippen molar-refractivity contribution >= 4 is 52.4 Å². The molecule has 0 aliphatic heterocycles. The molecule has 0 atom stereocenters. The van der Waals surface area contributed by atoms with Gasteiger partial charge in [0.15, 0.2) is 0 Å². The van der Waals surface area contributed by atoms with Gasteiger partial charge in [-0.05, 0) is 95.9 Å². The number of ether oxygens (including phenoxy) is 6. The van der Waals surface area contributed by atoms with Crippen LogP contribution in [0.4, 0.5) is 0 Å². The zero-order valence-corrected chi connectivity index (χ0v) is 75.8. The maximum absolute atomic E-state index is 11.0. The number of hydrogen-bond donors (Lipinski definition) is 2. The van der Waals surface area contributed by atoms with Gasteiger partial charge in [0.1, 0.15) is 17.9 Å². The molecule has 0 heterocycles. The van der Waals surface area contributed by atoms with E-state index in [1.807, 2.05) is 6.29 Å². The Morgan fingerprint density at radius 1 is 0.299 bits per heavy atom. The average Bonchev–Trinajstić information content (AvgIpc) is 0.859. The third-order valence-corrected chi connectivity index (χ3v) is 16.8. The van der Waals surface area contributed by atoms with Gasteiger partial charge in [0.05, 0.1) is 36.6 Å². The molecule has 20 heteroatoms. The van der Waals surface area contributed by atoms with Crippen LogP contribution in [0.5, 0.6) is 0 Å². The summed E-state index contributed by atoms with van der Waals surface area (Å²) in [5, 5.41) is 49.9. The van der Waals surface area contributed by atoms with E-state index in [0.717, 1.165) is 57.3 Å². The van der Waals surface area contributed by atoms with Crippen LogP contribution >= 0.6 is 0 Å². The van der Waals surface area contributed by atoms with E-state index in [4.69, 9.17) is 42.0 Å². The van der Waals surface area contributed by atoms with Crippen molar-refractivity contribution in [3.63, 3.8) is 0 Å². The van der Waals surface area contributed by atoms with Crippen LogP contribution in [-0.2, 0) is 80.9 Å². The van der Waals surface area contributed by atoms with E-state index in [1.54, 1.807) is 104 Å². The van der Waals surface area contributed by atoms with Crippen LogP contribution in [0.25, 0.3) is 0 Å². The summed E-state index contributed by atoms with van der Waals surface area (Å²) in [6.45, 7) is 37.3. The summed E-state index contributed by atoms with van der Waals surface area (Å²) in [6, 6.07) is 0. The molecule has 2 N–H and O–H groups in total. The number of hydrogen-bond acceptors (Lipinski definition) is 16. The first-order valence-corrected chi connectivity index (χ1v) is 44.5. The zero-order valence-electron chi connectivity index (χ0n) is 73.1. The number of carboxylic acid groups (broad SMARTS) is 5. The first kappa shape index (κ1) is 121. The number of unbranched alkanes of at least 4 members (excludes halogenated alkanes) is 43. The van der Waals surface area contributed by atoms with Gasteiger partial charge in [0, 0.05) is 32.1 Å². The molecule has 0 unspecified atom stereocenters. The van der Waals surface area contributed by atoms with Gasteiger partial charge in [-0.25, -0.2) is 0 Å². The Balaban J connectivity index is -0.000000181. The van der Waals surface area contributed by atoms with Gasteiger partial charge >= 0.3 is 70.6 Å². The summed E-state index contributed by atoms with van der Waals surface area (Å²) in [6.07, 6.45) is 63.0. The Labute approximate surface area is 679 Å². The summed E-state index contributed by atoms with van der Waals surface area (Å²) >= 11 is 3.41. The minimum atomic E-state index is -1.61. The molecule has 0 aromatic rings. The van der Waals surface area contributed by atoms with Crippen molar-refractivity contribution in [2.24, 2.45) is 0 Å². The quantitative estimate of drug-likeness (QED) is 0.0248. The number of carboxylic acids is 5. The zero-order chi connectivity index (χ0) is 83.4. The number of carbonyl (C=O) groups is 5. The van der Waals surface area contributed by atoms with Crippen molar-refractivity contribution in [1.29, 1.82) is 0 Å². The molecule has 0 spiro atoms. The van der Waals surface area contributed by atoms with Crippen LogP contribution < -0.4 is 15.3 Å². The second-order valence-electron chi connectivity index (χ2n) is 30.5. The predicted molar refractivity (Wildman–Crippen MR) is 433 cm³/mol. The summed E-state index contributed by atoms with van der Waals surface area (Å²) < 4.78 is 40.7. The number of aliphatic carboxylic acids is 5. The molecule has 0 bridgehead atoms. The fourth-order valence-corrected chi connectivity index (χ4v) is 11.5. The average molecular weight is 1580 g/mol. The summed E-state index contributed by atoms with van der Waals surface area (Å²) in [4.78, 5) is 63.6. The molecule has 18 nitrogen and oxygen atoms in total. The fourth-order valence-electron chi connectivity index (χ4n) is 11.5.